The van der Waals surface area contributed by atoms with Crippen LogP contribution in [0.15, 0.2) is 79.3 Å². The normalized spacial score (nSPS) is 22.1. The van der Waals surface area contributed by atoms with E-state index in [1.54, 1.807) is 42.5 Å². The summed E-state index contributed by atoms with van der Waals surface area (Å²) in [6.45, 7) is 0. The van der Waals surface area contributed by atoms with Crippen molar-refractivity contribution in [2.24, 2.45) is 0 Å². The lowest BCUT2D eigenvalue weighted by molar-refractivity contribution is -0.131. The van der Waals surface area contributed by atoms with Gasteiger partial charge in [0.25, 0.3) is 0 Å². The summed E-state index contributed by atoms with van der Waals surface area (Å²) in [4.78, 5) is 35.8. The van der Waals surface area contributed by atoms with Crippen LogP contribution in [-0.4, -0.2) is 21.8 Å². The van der Waals surface area contributed by atoms with Crippen LogP contribution in [0.1, 0.15) is 35.1 Å². The van der Waals surface area contributed by atoms with Gasteiger partial charge in [-0.2, -0.15) is 0 Å². The number of fused-ring (bicyclic) bond motifs is 2. The highest BCUT2D eigenvalue weighted by molar-refractivity contribution is 6.31. The number of rotatable bonds is 4. The average molecular weight is 566 g/mol. The van der Waals surface area contributed by atoms with Gasteiger partial charge < -0.3 is 15.4 Å². The van der Waals surface area contributed by atoms with Crippen molar-refractivity contribution < 1.29 is 14.3 Å². The number of carbonyl (C=O) groups excluding carboxylic acids is 2. The Bertz CT molecular complexity index is 1580. The zero-order chi connectivity index (χ0) is 26.4. The van der Waals surface area contributed by atoms with Crippen LogP contribution < -0.4 is 15.4 Å². The lowest BCUT2D eigenvalue weighted by Gasteiger charge is -2.46. The van der Waals surface area contributed by atoms with Gasteiger partial charge in [0.2, 0.25) is 17.7 Å². The molecule has 10 heteroatoms. The Hall–Kier alpha value is -3.65. The first kappa shape index (κ1) is 24.7. The zero-order valence-corrected chi connectivity index (χ0v) is 21.9. The quantitative estimate of drug-likeness (QED) is 0.296. The summed E-state index contributed by atoms with van der Waals surface area (Å²) >= 11 is 19.1. The summed E-state index contributed by atoms with van der Waals surface area (Å²) < 4.78 is 6.10. The number of nitrogens with one attached hydrogen (secondary N) is 2. The molecular formula is C28H19Cl3N4O3. The lowest BCUT2D eigenvalue weighted by Crippen LogP contribution is -2.56. The Labute approximate surface area is 233 Å². The smallest absolute Gasteiger partial charge is 0.238 e. The summed E-state index contributed by atoms with van der Waals surface area (Å²) in [7, 11) is 0. The van der Waals surface area contributed by atoms with E-state index in [0.717, 1.165) is 5.56 Å². The Morgan fingerprint density at radius 3 is 2.50 bits per heavy atom. The van der Waals surface area contributed by atoms with Crippen LogP contribution in [0.4, 0.5) is 5.69 Å². The Morgan fingerprint density at radius 1 is 0.921 bits per heavy atom. The zero-order valence-electron chi connectivity index (χ0n) is 19.6. The van der Waals surface area contributed by atoms with Crippen LogP contribution in [-0.2, 0) is 15.0 Å². The highest BCUT2D eigenvalue weighted by atomic mass is 35.5. The number of benzene rings is 3. The largest absolute Gasteiger partial charge is 0.437 e. The summed E-state index contributed by atoms with van der Waals surface area (Å²) in [6, 6.07) is 16.7. The maximum Gasteiger partial charge on any atom is 0.238 e. The van der Waals surface area contributed by atoms with Crippen molar-refractivity contribution in [1.29, 1.82) is 0 Å². The molecule has 3 heterocycles. The van der Waals surface area contributed by atoms with Crippen molar-refractivity contribution >= 4 is 52.3 Å². The first-order chi connectivity index (χ1) is 18.4. The number of anilines is 1. The molecule has 0 unspecified atom stereocenters. The molecule has 2 aliphatic heterocycles. The molecule has 7 nitrogen and oxygen atoms in total. The molecular weight excluding hydrogens is 547 g/mol. The van der Waals surface area contributed by atoms with Crippen LogP contribution in [0, 0.1) is 0 Å². The van der Waals surface area contributed by atoms with Gasteiger partial charge in [-0.25, -0.2) is 4.98 Å². The molecule has 2 aliphatic rings. The number of ether oxygens (including phenoxy) is 1. The molecule has 0 bridgehead atoms. The van der Waals surface area contributed by atoms with E-state index in [2.05, 4.69) is 20.6 Å². The number of hydrogen-bond acceptors (Lipinski definition) is 5. The number of hydrogen-bond donors (Lipinski definition) is 2. The highest BCUT2D eigenvalue weighted by Gasteiger charge is 2.61. The minimum atomic E-state index is -1.27. The van der Waals surface area contributed by atoms with Gasteiger partial charge in [-0.05, 0) is 53.6 Å². The standard InChI is InChI=1S/C28H19Cl3N4O3/c29-16-3-1-2-15(10-16)21-13-24(36)35-26(28(21)20-6-4-18(31)12-22(20)34-27(28)37)19-11-17(30)5-7-23(19)38-25-14-32-8-9-33-25/h1-12,14,21,26H,13H2,(H,34,37)(H,35,36)/t21-,26+,28-/m0/s1. The number of aromatic nitrogens is 2. The van der Waals surface area contributed by atoms with Gasteiger partial charge in [-0.15, -0.1) is 0 Å². The molecule has 1 spiro atoms. The maximum atomic E-state index is 14.2. The van der Waals surface area contributed by atoms with E-state index < -0.39 is 17.4 Å². The molecule has 3 aromatic carbocycles. The van der Waals surface area contributed by atoms with Gasteiger partial charge in [0.15, 0.2) is 0 Å². The van der Waals surface area contributed by atoms with Crippen LogP contribution in [0.2, 0.25) is 15.1 Å². The maximum absolute atomic E-state index is 14.2. The number of amides is 2. The molecule has 0 saturated carbocycles. The SMILES string of the molecule is O=C1C[C@@H](c2cccc(Cl)c2)[C@]2(C(=O)Nc3cc(Cl)ccc32)[C@@H](c2cc(Cl)ccc2Oc2cnccn2)N1. The number of nitrogens with zero attached hydrogens (tertiary/aromatic N) is 2. The first-order valence-corrected chi connectivity index (χ1v) is 12.9. The molecule has 4 aromatic rings. The van der Waals surface area contributed by atoms with Crippen LogP contribution >= 0.6 is 34.8 Å². The minimum Gasteiger partial charge on any atom is -0.437 e. The van der Waals surface area contributed by atoms with Crippen LogP contribution in [0.5, 0.6) is 11.6 Å². The molecule has 2 N–H and O–H groups in total. The Balaban J connectivity index is 1.61. The highest BCUT2D eigenvalue weighted by Crippen LogP contribution is 2.58. The summed E-state index contributed by atoms with van der Waals surface area (Å²) in [5.74, 6) is -0.449. The van der Waals surface area contributed by atoms with E-state index >= 15 is 0 Å². The Morgan fingerprint density at radius 2 is 1.71 bits per heavy atom. The second kappa shape index (κ2) is 9.58. The van der Waals surface area contributed by atoms with Gasteiger partial charge in [0, 0.05) is 51.1 Å². The third kappa shape index (κ3) is 4.07. The molecule has 0 radical (unpaired) electrons. The molecule has 190 valence electrons. The van der Waals surface area contributed by atoms with Gasteiger partial charge in [0.1, 0.15) is 11.2 Å². The van der Waals surface area contributed by atoms with Crippen LogP contribution in [0.25, 0.3) is 0 Å². The molecule has 1 fully saturated rings. The topological polar surface area (TPSA) is 93.2 Å². The van der Waals surface area contributed by atoms with E-state index in [-0.39, 0.29) is 24.1 Å². The third-order valence-corrected chi connectivity index (χ3v) is 7.74. The van der Waals surface area contributed by atoms with Crippen molar-refractivity contribution in [3.63, 3.8) is 0 Å². The second-order valence-corrected chi connectivity index (χ2v) is 10.5. The van der Waals surface area contributed by atoms with Gasteiger partial charge in [-0.1, -0.05) is 53.0 Å². The lowest BCUT2D eigenvalue weighted by atomic mass is 9.59. The predicted octanol–water partition coefficient (Wildman–Crippen LogP) is 6.46. The minimum absolute atomic E-state index is 0.0627. The molecule has 3 atom stereocenters. The van der Waals surface area contributed by atoms with E-state index in [1.165, 1.54) is 18.6 Å². The molecule has 1 saturated heterocycles. The van der Waals surface area contributed by atoms with Crippen molar-refractivity contribution in [2.45, 2.75) is 23.8 Å². The molecule has 6 rings (SSSR count). The van der Waals surface area contributed by atoms with Gasteiger partial charge in [-0.3, -0.25) is 14.6 Å². The van der Waals surface area contributed by atoms with Gasteiger partial charge in [0.05, 0.1) is 12.2 Å². The molecule has 2 amide bonds. The Kier molecular flexibility index (Phi) is 6.22. The van der Waals surface area contributed by atoms with Crippen molar-refractivity contribution in [2.75, 3.05) is 5.32 Å². The summed E-state index contributed by atoms with van der Waals surface area (Å²) in [6.07, 6.45) is 4.58. The van der Waals surface area contributed by atoms with E-state index in [1.807, 2.05) is 18.2 Å². The fraction of sp³-hybridized carbons (Fsp3) is 0.143. The number of halogens is 3. The summed E-state index contributed by atoms with van der Waals surface area (Å²) in [5, 5.41) is 7.48. The van der Waals surface area contributed by atoms with E-state index in [0.29, 0.717) is 37.6 Å². The number of piperidine rings is 1. The summed E-state index contributed by atoms with van der Waals surface area (Å²) in [5.41, 5.74) is 1.28. The second-order valence-electron chi connectivity index (χ2n) is 9.15. The fourth-order valence-corrected chi connectivity index (χ4v) is 6.11. The average Bonchev–Trinajstić information content (AvgIpc) is 3.18. The molecule has 0 aliphatic carbocycles. The molecule has 1 aromatic heterocycles. The molecule has 38 heavy (non-hydrogen) atoms. The van der Waals surface area contributed by atoms with E-state index in [4.69, 9.17) is 39.5 Å². The first-order valence-electron chi connectivity index (χ1n) is 11.8. The third-order valence-electron chi connectivity index (χ3n) is 7.04. The van der Waals surface area contributed by atoms with Crippen molar-refractivity contribution in [3.8, 4) is 11.6 Å². The fourth-order valence-electron chi connectivity index (χ4n) is 5.56. The number of carbonyl (C=O) groups is 2. The van der Waals surface area contributed by atoms with Crippen LogP contribution in [0.3, 0.4) is 0 Å². The van der Waals surface area contributed by atoms with E-state index in [9.17, 15) is 9.59 Å². The van der Waals surface area contributed by atoms with Gasteiger partial charge >= 0.3 is 0 Å². The predicted molar refractivity (Wildman–Crippen MR) is 145 cm³/mol. The van der Waals surface area contributed by atoms with Crippen molar-refractivity contribution in [3.05, 3.63) is 111 Å². The monoisotopic (exact) mass is 564 g/mol. The van der Waals surface area contributed by atoms with Crippen molar-refractivity contribution in [1.82, 2.24) is 15.3 Å².